The topological polar surface area (TPSA) is 0 Å². The van der Waals surface area contributed by atoms with Crippen molar-refractivity contribution in [3.8, 4) is 0 Å². The molecule has 0 aliphatic rings. The molecule has 0 atom stereocenters. The maximum Gasteiger partial charge on any atom is 0.0380 e. The van der Waals surface area contributed by atoms with Crippen LogP contribution in [0.25, 0.3) is 0 Å². The Kier molecular flexibility index (Phi) is 3.43. The van der Waals surface area contributed by atoms with Gasteiger partial charge in [0.1, 0.15) is 0 Å². The number of aryl methyl sites for hydroxylation is 1. The number of rotatable bonds is 3. The average molecular weight is 219 g/mol. The molecule has 0 spiro atoms. The summed E-state index contributed by atoms with van der Waals surface area (Å²) in [5, 5.41) is 3.18. The van der Waals surface area contributed by atoms with Crippen LogP contribution in [0.4, 0.5) is 0 Å². The highest BCUT2D eigenvalue weighted by molar-refractivity contribution is 9.08. The predicted molar refractivity (Wildman–Crippen MR) is 50.9 cm³/mol. The highest BCUT2D eigenvalue weighted by Crippen LogP contribution is 2.20. The molecule has 0 amide bonds. The van der Waals surface area contributed by atoms with Gasteiger partial charge in [0, 0.05) is 10.2 Å². The van der Waals surface area contributed by atoms with Crippen molar-refractivity contribution >= 4 is 27.3 Å². The lowest BCUT2D eigenvalue weighted by Gasteiger charge is -1.95. The van der Waals surface area contributed by atoms with Crippen molar-refractivity contribution in [2.45, 2.75) is 25.1 Å². The molecule has 0 saturated carbocycles. The Morgan fingerprint density at radius 1 is 1.60 bits per heavy atom. The molecule has 0 aliphatic heterocycles. The highest BCUT2D eigenvalue weighted by Gasteiger charge is 1.99. The molecule has 0 nitrogen and oxygen atoms in total. The summed E-state index contributed by atoms with van der Waals surface area (Å²) >= 11 is 5.31. The number of alkyl halides is 1. The zero-order valence-corrected chi connectivity index (χ0v) is 8.46. The normalized spacial score (nSPS) is 10.2. The quantitative estimate of drug-likeness (QED) is 0.681. The van der Waals surface area contributed by atoms with Gasteiger partial charge in [0.05, 0.1) is 0 Å². The summed E-state index contributed by atoms with van der Waals surface area (Å²) < 4.78 is 0. The minimum Gasteiger partial charge on any atom is -0.148 e. The fraction of sp³-hybridized carbons (Fsp3) is 0.500. The van der Waals surface area contributed by atoms with E-state index in [1.807, 2.05) is 11.3 Å². The van der Waals surface area contributed by atoms with E-state index in [0.29, 0.717) is 0 Å². The molecule has 1 aromatic rings. The molecule has 1 rings (SSSR count). The van der Waals surface area contributed by atoms with Gasteiger partial charge in [-0.15, -0.1) is 11.3 Å². The number of hydrogen-bond donors (Lipinski definition) is 0. The maximum absolute atomic E-state index is 3.47. The van der Waals surface area contributed by atoms with Crippen molar-refractivity contribution in [3.63, 3.8) is 0 Å². The number of halogens is 1. The standard InChI is InChI=1S/C8H11BrS/c1-2-3-7-4-5-10-8(7)6-9/h4-5H,2-3,6H2,1H3. The van der Waals surface area contributed by atoms with Gasteiger partial charge in [-0.1, -0.05) is 29.3 Å². The minimum atomic E-state index is 1.01. The zero-order valence-electron chi connectivity index (χ0n) is 6.06. The van der Waals surface area contributed by atoms with Crippen LogP contribution >= 0.6 is 27.3 Å². The molecule has 0 N–H and O–H groups in total. The molecule has 10 heavy (non-hydrogen) atoms. The summed E-state index contributed by atoms with van der Waals surface area (Å²) in [6, 6.07) is 2.23. The molecule has 56 valence electrons. The molecule has 0 fully saturated rings. The van der Waals surface area contributed by atoms with Crippen molar-refractivity contribution in [3.05, 3.63) is 21.9 Å². The third kappa shape index (κ3) is 1.83. The lowest BCUT2D eigenvalue weighted by molar-refractivity contribution is 0.919. The van der Waals surface area contributed by atoms with E-state index >= 15 is 0 Å². The lowest BCUT2D eigenvalue weighted by Crippen LogP contribution is -1.82. The molecular weight excluding hydrogens is 208 g/mol. The monoisotopic (exact) mass is 218 g/mol. The van der Waals surface area contributed by atoms with Crippen molar-refractivity contribution in [2.75, 3.05) is 0 Å². The molecule has 0 aromatic carbocycles. The second kappa shape index (κ2) is 4.14. The van der Waals surface area contributed by atoms with Gasteiger partial charge in [-0.05, 0) is 23.4 Å². The fourth-order valence-corrected chi connectivity index (χ4v) is 2.51. The van der Waals surface area contributed by atoms with E-state index in [4.69, 9.17) is 0 Å². The Morgan fingerprint density at radius 3 is 3.00 bits per heavy atom. The van der Waals surface area contributed by atoms with Crippen LogP contribution in [0.3, 0.4) is 0 Å². The Hall–Kier alpha value is 0.180. The van der Waals surface area contributed by atoms with Crippen LogP contribution in [-0.4, -0.2) is 0 Å². The first kappa shape index (κ1) is 8.28. The average Bonchev–Trinajstić information content (AvgIpc) is 2.36. The van der Waals surface area contributed by atoms with E-state index < -0.39 is 0 Å². The van der Waals surface area contributed by atoms with E-state index in [9.17, 15) is 0 Å². The smallest absolute Gasteiger partial charge is 0.0380 e. The number of hydrogen-bond acceptors (Lipinski definition) is 1. The van der Waals surface area contributed by atoms with Gasteiger partial charge in [-0.2, -0.15) is 0 Å². The molecule has 0 saturated heterocycles. The minimum absolute atomic E-state index is 1.01. The third-order valence-corrected chi connectivity index (χ3v) is 3.37. The van der Waals surface area contributed by atoms with Gasteiger partial charge >= 0.3 is 0 Å². The first-order valence-corrected chi connectivity index (χ1v) is 5.49. The summed E-state index contributed by atoms with van der Waals surface area (Å²) in [4.78, 5) is 1.49. The lowest BCUT2D eigenvalue weighted by atomic mass is 10.2. The molecule has 0 aliphatic carbocycles. The predicted octanol–water partition coefficient (Wildman–Crippen LogP) is 3.60. The Bertz CT molecular complexity index is 193. The molecular formula is C8H11BrS. The molecule has 2 heteroatoms. The molecule has 1 aromatic heterocycles. The fourth-order valence-electron chi connectivity index (χ4n) is 0.976. The van der Waals surface area contributed by atoms with E-state index in [0.717, 1.165) is 5.33 Å². The van der Waals surface area contributed by atoms with Crippen molar-refractivity contribution in [2.24, 2.45) is 0 Å². The van der Waals surface area contributed by atoms with Gasteiger partial charge in [-0.25, -0.2) is 0 Å². The highest BCUT2D eigenvalue weighted by atomic mass is 79.9. The first-order chi connectivity index (χ1) is 4.88. The van der Waals surface area contributed by atoms with Crippen LogP contribution in [0.15, 0.2) is 11.4 Å². The third-order valence-electron chi connectivity index (χ3n) is 1.48. The molecule has 0 radical (unpaired) electrons. The van der Waals surface area contributed by atoms with Crippen molar-refractivity contribution in [1.29, 1.82) is 0 Å². The summed E-state index contributed by atoms with van der Waals surface area (Å²) in [6.45, 7) is 2.22. The van der Waals surface area contributed by atoms with Crippen LogP contribution in [-0.2, 0) is 11.8 Å². The molecule has 0 bridgehead atoms. The van der Waals surface area contributed by atoms with Crippen LogP contribution in [0.5, 0.6) is 0 Å². The van der Waals surface area contributed by atoms with Crippen molar-refractivity contribution < 1.29 is 0 Å². The van der Waals surface area contributed by atoms with Crippen molar-refractivity contribution in [1.82, 2.24) is 0 Å². The van der Waals surface area contributed by atoms with Crippen LogP contribution in [0.1, 0.15) is 23.8 Å². The van der Waals surface area contributed by atoms with E-state index in [2.05, 4.69) is 34.3 Å². The summed E-state index contributed by atoms with van der Waals surface area (Å²) in [5.74, 6) is 0. The van der Waals surface area contributed by atoms with Gasteiger partial charge in [0.15, 0.2) is 0 Å². The summed E-state index contributed by atoms with van der Waals surface area (Å²) in [5.41, 5.74) is 1.52. The SMILES string of the molecule is CCCc1ccsc1CBr. The molecule has 1 heterocycles. The van der Waals surface area contributed by atoms with Gasteiger partial charge in [0.25, 0.3) is 0 Å². The first-order valence-electron chi connectivity index (χ1n) is 3.49. The largest absolute Gasteiger partial charge is 0.148 e. The van der Waals surface area contributed by atoms with Gasteiger partial charge < -0.3 is 0 Å². The van der Waals surface area contributed by atoms with Crippen LogP contribution in [0, 0.1) is 0 Å². The van der Waals surface area contributed by atoms with Crippen LogP contribution < -0.4 is 0 Å². The Morgan fingerprint density at radius 2 is 2.40 bits per heavy atom. The second-order valence-corrected chi connectivity index (χ2v) is 3.81. The Labute approximate surface area is 74.4 Å². The summed E-state index contributed by atoms with van der Waals surface area (Å²) in [6.07, 6.45) is 2.47. The summed E-state index contributed by atoms with van der Waals surface area (Å²) in [7, 11) is 0. The second-order valence-electron chi connectivity index (χ2n) is 2.25. The number of thiophene rings is 1. The van der Waals surface area contributed by atoms with Gasteiger partial charge in [-0.3, -0.25) is 0 Å². The Balaban J connectivity index is 2.70. The van der Waals surface area contributed by atoms with E-state index in [1.54, 1.807) is 0 Å². The maximum atomic E-state index is 3.47. The molecule has 0 unspecified atom stereocenters. The van der Waals surface area contributed by atoms with Crippen LogP contribution in [0.2, 0.25) is 0 Å². The van der Waals surface area contributed by atoms with E-state index in [-0.39, 0.29) is 0 Å². The van der Waals surface area contributed by atoms with E-state index in [1.165, 1.54) is 23.3 Å². The zero-order chi connectivity index (χ0) is 7.40. The van der Waals surface area contributed by atoms with Gasteiger partial charge in [0.2, 0.25) is 0 Å².